The highest BCUT2D eigenvalue weighted by molar-refractivity contribution is 6.19. The molecule has 5 heterocycles. The number of pyridine rings is 1. The molecule has 0 spiro atoms. The molecule has 0 aliphatic rings. The molecular weight excluding hydrogens is 627 g/mol. The lowest BCUT2D eigenvalue weighted by atomic mass is 10.1. The van der Waals surface area contributed by atoms with E-state index in [4.69, 9.17) is 15.1 Å². The molecule has 0 saturated carbocycles. The third kappa shape index (κ3) is 4.12. The highest BCUT2D eigenvalue weighted by Gasteiger charge is 2.20. The van der Waals surface area contributed by atoms with Gasteiger partial charge in [-0.1, -0.05) is 97.1 Å². The number of nitrogens with zero attached hydrogens (tertiary/aromatic N) is 7. The van der Waals surface area contributed by atoms with E-state index in [2.05, 4.69) is 135 Å². The second-order valence-electron chi connectivity index (χ2n) is 12.8. The summed E-state index contributed by atoms with van der Waals surface area (Å²) in [6, 6.07) is 53.1. The maximum Gasteiger partial charge on any atom is 0.253 e. The van der Waals surface area contributed by atoms with E-state index in [1.807, 2.05) is 47.2 Å². The molecule has 7 heteroatoms. The van der Waals surface area contributed by atoms with E-state index in [-0.39, 0.29) is 0 Å². The van der Waals surface area contributed by atoms with Crippen molar-refractivity contribution in [2.75, 3.05) is 0 Å². The predicted molar refractivity (Wildman–Crippen MR) is 206 cm³/mol. The molecule has 0 amide bonds. The van der Waals surface area contributed by atoms with Crippen molar-refractivity contribution in [1.29, 1.82) is 0 Å². The van der Waals surface area contributed by atoms with Gasteiger partial charge >= 0.3 is 0 Å². The molecule has 11 aromatic rings. The molecule has 5 aromatic heterocycles. The van der Waals surface area contributed by atoms with Crippen LogP contribution in [0.15, 0.2) is 164 Å². The Kier molecular flexibility index (Phi) is 5.83. The first-order chi connectivity index (χ1) is 25.3. The number of para-hydroxylation sites is 3. The molecule has 7 nitrogen and oxygen atoms in total. The highest BCUT2D eigenvalue weighted by atomic mass is 15.3. The molecule has 51 heavy (non-hydrogen) atoms. The van der Waals surface area contributed by atoms with Crippen molar-refractivity contribution in [2.45, 2.75) is 0 Å². The van der Waals surface area contributed by atoms with E-state index in [0.717, 1.165) is 55.6 Å². The zero-order valence-electron chi connectivity index (χ0n) is 27.2. The molecule has 238 valence electrons. The lowest BCUT2D eigenvalue weighted by molar-refractivity contribution is 0.988. The monoisotopic (exact) mass is 653 g/mol. The molecule has 0 fully saturated rings. The van der Waals surface area contributed by atoms with Gasteiger partial charge in [-0.3, -0.25) is 4.98 Å². The Morgan fingerprint density at radius 3 is 1.69 bits per heavy atom. The van der Waals surface area contributed by atoms with Crippen LogP contribution in [0.3, 0.4) is 0 Å². The van der Waals surface area contributed by atoms with Crippen LogP contribution in [0, 0.1) is 0 Å². The van der Waals surface area contributed by atoms with E-state index in [9.17, 15) is 0 Å². The van der Waals surface area contributed by atoms with E-state index in [1.54, 1.807) is 0 Å². The van der Waals surface area contributed by atoms with E-state index in [1.165, 1.54) is 27.1 Å². The van der Waals surface area contributed by atoms with Crippen LogP contribution in [0.4, 0.5) is 0 Å². The topological polar surface area (TPSA) is 65.8 Å². The molecule has 0 radical (unpaired) electrons. The third-order valence-corrected chi connectivity index (χ3v) is 9.99. The van der Waals surface area contributed by atoms with Gasteiger partial charge in [0, 0.05) is 61.8 Å². The van der Waals surface area contributed by atoms with Crippen LogP contribution >= 0.6 is 0 Å². The number of aromatic nitrogens is 7. The van der Waals surface area contributed by atoms with Crippen LogP contribution in [0.1, 0.15) is 0 Å². The summed E-state index contributed by atoms with van der Waals surface area (Å²) < 4.78 is 6.57. The van der Waals surface area contributed by atoms with E-state index < -0.39 is 0 Å². The van der Waals surface area contributed by atoms with Crippen molar-refractivity contribution in [1.82, 2.24) is 33.7 Å². The molecular formula is C44H27N7. The minimum atomic E-state index is 0.567. The van der Waals surface area contributed by atoms with Crippen LogP contribution in [-0.2, 0) is 0 Å². The van der Waals surface area contributed by atoms with Gasteiger partial charge in [-0.25, -0.2) is 4.98 Å². The van der Waals surface area contributed by atoms with Gasteiger partial charge in [0.1, 0.15) is 0 Å². The van der Waals surface area contributed by atoms with Crippen molar-refractivity contribution in [2.24, 2.45) is 0 Å². The van der Waals surface area contributed by atoms with Crippen molar-refractivity contribution >= 4 is 60.3 Å². The van der Waals surface area contributed by atoms with Gasteiger partial charge in [0.25, 0.3) is 5.78 Å². The Bertz CT molecular complexity index is 3140. The Morgan fingerprint density at radius 1 is 0.392 bits per heavy atom. The first kappa shape index (κ1) is 27.8. The summed E-state index contributed by atoms with van der Waals surface area (Å²) in [5.41, 5.74) is 10.6. The van der Waals surface area contributed by atoms with Gasteiger partial charge < -0.3 is 9.13 Å². The summed E-state index contributed by atoms with van der Waals surface area (Å²) in [4.78, 5) is 14.3. The van der Waals surface area contributed by atoms with Gasteiger partial charge in [-0.05, 0) is 54.6 Å². The number of rotatable bonds is 4. The van der Waals surface area contributed by atoms with Crippen molar-refractivity contribution in [3.05, 3.63) is 164 Å². The smallest absolute Gasteiger partial charge is 0.253 e. The minimum absolute atomic E-state index is 0.567. The maximum absolute atomic E-state index is 5.03. The van der Waals surface area contributed by atoms with Crippen molar-refractivity contribution in [3.8, 4) is 34.0 Å². The molecule has 0 aliphatic heterocycles. The Morgan fingerprint density at radius 2 is 0.980 bits per heavy atom. The summed E-state index contributed by atoms with van der Waals surface area (Å²) in [7, 11) is 0. The third-order valence-electron chi connectivity index (χ3n) is 9.99. The average Bonchev–Trinajstić information content (AvgIpc) is 3.88. The van der Waals surface area contributed by atoms with Gasteiger partial charge in [-0.2, -0.15) is 9.50 Å². The number of benzene rings is 6. The van der Waals surface area contributed by atoms with Crippen LogP contribution in [0.5, 0.6) is 0 Å². The Balaban J connectivity index is 1.13. The zero-order chi connectivity index (χ0) is 33.5. The summed E-state index contributed by atoms with van der Waals surface area (Å²) in [5, 5.41) is 10.9. The molecule has 0 bridgehead atoms. The summed E-state index contributed by atoms with van der Waals surface area (Å²) in [6.07, 6.45) is 3.71. The van der Waals surface area contributed by atoms with Crippen LogP contribution in [0.2, 0.25) is 0 Å². The van der Waals surface area contributed by atoms with Crippen LogP contribution in [-0.4, -0.2) is 33.7 Å². The predicted octanol–water partition coefficient (Wildman–Crippen LogP) is 10.2. The lowest BCUT2D eigenvalue weighted by Crippen LogP contribution is -1.97. The fraction of sp³-hybridized carbons (Fsp3) is 0. The van der Waals surface area contributed by atoms with Crippen LogP contribution in [0.25, 0.3) is 94.3 Å². The molecule has 0 N–H and O–H groups in total. The van der Waals surface area contributed by atoms with E-state index in [0.29, 0.717) is 11.6 Å². The average molecular weight is 654 g/mol. The number of hydrogen-bond acceptors (Lipinski definition) is 4. The molecule has 6 aromatic carbocycles. The SMILES string of the molecule is c1ccc(-c2nc3nc(-c4cccc(-n5c6ccccc6c6cc7c(cc65)c5ccccc5n7-c5ccncc5)c4)nn3c3ccccc23)cc1. The highest BCUT2D eigenvalue weighted by Crippen LogP contribution is 2.40. The number of hydrogen-bond donors (Lipinski definition) is 0. The first-order valence-corrected chi connectivity index (χ1v) is 17.0. The fourth-order valence-electron chi connectivity index (χ4n) is 7.76. The normalized spacial score (nSPS) is 11.9. The molecule has 0 saturated heterocycles. The quantitative estimate of drug-likeness (QED) is 0.190. The second-order valence-corrected chi connectivity index (χ2v) is 12.8. The van der Waals surface area contributed by atoms with Crippen molar-refractivity contribution < 1.29 is 0 Å². The van der Waals surface area contributed by atoms with Crippen LogP contribution < -0.4 is 0 Å². The minimum Gasteiger partial charge on any atom is -0.309 e. The zero-order valence-corrected chi connectivity index (χ0v) is 27.2. The fourth-order valence-corrected chi connectivity index (χ4v) is 7.76. The van der Waals surface area contributed by atoms with Gasteiger partial charge in [0.05, 0.1) is 33.3 Å². The summed E-state index contributed by atoms with van der Waals surface area (Å²) >= 11 is 0. The first-order valence-electron chi connectivity index (χ1n) is 17.0. The van der Waals surface area contributed by atoms with Gasteiger partial charge in [0.2, 0.25) is 0 Å². The van der Waals surface area contributed by atoms with Gasteiger partial charge in [-0.15, -0.1) is 5.10 Å². The van der Waals surface area contributed by atoms with E-state index >= 15 is 0 Å². The Hall–Kier alpha value is -7.12. The lowest BCUT2D eigenvalue weighted by Gasteiger charge is -2.10. The Labute approximate surface area is 291 Å². The second kappa shape index (κ2) is 10.7. The maximum atomic E-state index is 5.03. The molecule has 0 unspecified atom stereocenters. The summed E-state index contributed by atoms with van der Waals surface area (Å²) in [5.74, 6) is 1.20. The number of fused-ring (bicyclic) bond motifs is 9. The molecule has 0 atom stereocenters. The molecule has 11 rings (SSSR count). The van der Waals surface area contributed by atoms with Gasteiger partial charge in [0.15, 0.2) is 5.82 Å². The van der Waals surface area contributed by atoms with Crippen molar-refractivity contribution in [3.63, 3.8) is 0 Å². The molecule has 0 aliphatic carbocycles. The largest absolute Gasteiger partial charge is 0.309 e. The summed E-state index contributed by atoms with van der Waals surface area (Å²) in [6.45, 7) is 0. The standard InChI is InChI=1S/C44H27N7/c1-2-11-28(12-3-1)42-34-17-6-9-20-39(34)51-44(46-42)47-43(48-51)29-13-10-14-31(25-29)50-38-19-8-5-16-33(38)36-26-40-35(27-41(36)50)32-15-4-7-18-37(32)49(40)30-21-23-45-24-22-30/h1-27H.